The van der Waals surface area contributed by atoms with Crippen molar-refractivity contribution in [3.8, 4) is 0 Å². The fourth-order valence-electron chi connectivity index (χ4n) is 5.28. The summed E-state index contributed by atoms with van der Waals surface area (Å²) in [5, 5.41) is 5.39. The van der Waals surface area contributed by atoms with Gasteiger partial charge in [0.25, 0.3) is 5.91 Å². The summed E-state index contributed by atoms with van der Waals surface area (Å²) >= 11 is 0. The lowest BCUT2D eigenvalue weighted by molar-refractivity contribution is -0.144. The molecule has 242 valence electrons. The first-order valence-electron chi connectivity index (χ1n) is 15.0. The third kappa shape index (κ3) is 8.17. The summed E-state index contributed by atoms with van der Waals surface area (Å²) in [7, 11) is -3.92. The van der Waals surface area contributed by atoms with Crippen LogP contribution in [0.2, 0.25) is 0 Å². The number of likely N-dealkylation sites (tertiary alicyclic amines) is 1. The van der Waals surface area contributed by atoms with Crippen LogP contribution in [0.15, 0.2) is 25.3 Å². The number of rotatable bonds is 14. The number of alkyl carbamates (subject to hydrolysis) is 1. The first kappa shape index (κ1) is 34.6. The Kier molecular flexibility index (Phi) is 10.4. The predicted molar refractivity (Wildman–Crippen MR) is 161 cm³/mol. The van der Waals surface area contributed by atoms with Gasteiger partial charge in [-0.15, -0.1) is 13.2 Å². The molecule has 0 aromatic heterocycles. The number of carbonyl (C=O) groups excluding carboxylic acids is 4. The van der Waals surface area contributed by atoms with E-state index in [1.807, 2.05) is 6.92 Å². The van der Waals surface area contributed by atoms with Crippen LogP contribution in [0.1, 0.15) is 86.5 Å². The second kappa shape index (κ2) is 13.0. The average Bonchev–Trinajstić information content (AvgIpc) is 3.77. The molecule has 3 N–H and O–H groups in total. The summed E-state index contributed by atoms with van der Waals surface area (Å²) in [6.07, 6.45) is 4.80. The van der Waals surface area contributed by atoms with Crippen molar-refractivity contribution in [1.29, 1.82) is 0 Å². The van der Waals surface area contributed by atoms with Crippen LogP contribution in [0, 0.1) is 5.92 Å². The van der Waals surface area contributed by atoms with Crippen LogP contribution < -0.4 is 15.4 Å². The van der Waals surface area contributed by atoms with Crippen LogP contribution in [0.4, 0.5) is 4.79 Å². The summed E-state index contributed by atoms with van der Waals surface area (Å²) in [6, 6.07) is -2.09. The van der Waals surface area contributed by atoms with Gasteiger partial charge in [-0.2, -0.15) is 0 Å². The van der Waals surface area contributed by atoms with E-state index in [1.165, 1.54) is 11.0 Å². The quantitative estimate of drug-likeness (QED) is 0.249. The third-order valence-electron chi connectivity index (χ3n) is 8.35. The maximum Gasteiger partial charge on any atom is 0.408 e. The molecule has 6 atom stereocenters. The molecule has 3 aliphatic rings. The van der Waals surface area contributed by atoms with E-state index in [9.17, 15) is 27.6 Å². The van der Waals surface area contributed by atoms with Crippen molar-refractivity contribution < 1.29 is 37.1 Å². The minimum atomic E-state index is -3.92. The highest BCUT2D eigenvalue weighted by Crippen LogP contribution is 2.47. The molecule has 0 aromatic carbocycles. The minimum Gasteiger partial charge on any atom is -0.444 e. The van der Waals surface area contributed by atoms with Gasteiger partial charge >= 0.3 is 6.09 Å². The lowest BCUT2D eigenvalue weighted by atomic mass is 10.1. The molecular formula is C30H48N4O8S. The van der Waals surface area contributed by atoms with Crippen molar-refractivity contribution in [1.82, 2.24) is 20.3 Å². The van der Waals surface area contributed by atoms with Gasteiger partial charge in [-0.3, -0.25) is 19.1 Å². The molecule has 0 unspecified atom stereocenters. The Morgan fingerprint density at radius 2 is 1.79 bits per heavy atom. The zero-order valence-corrected chi connectivity index (χ0v) is 27.1. The number of nitrogens with one attached hydrogen (secondary N) is 3. The van der Waals surface area contributed by atoms with Crippen molar-refractivity contribution in [2.45, 2.75) is 127 Å². The van der Waals surface area contributed by atoms with E-state index in [0.717, 1.165) is 0 Å². The fourth-order valence-corrected chi connectivity index (χ4v) is 6.59. The molecule has 0 spiro atoms. The van der Waals surface area contributed by atoms with Gasteiger partial charge in [-0.1, -0.05) is 12.2 Å². The standard InChI is InChI=1S/C30H48N4O8S/c1-9-11-13-19(3)41-20(4)23(31-27(38)42-28(5,6)7)25(36)34-17-12-14-22(34)24(35)32-30(18-21(30)10-2)26(37)33-43(39,40)29(8)15-16-29/h9-10,19-23H,1-2,11-18H2,3-8H3,(H,31,38)(H,32,35)(H,33,37)/t19-,20+,21-,22+,23-,30-/m1/s1. The number of ether oxygens (including phenoxy) is 2. The summed E-state index contributed by atoms with van der Waals surface area (Å²) in [6.45, 7) is 17.9. The Hall–Kier alpha value is -2.93. The zero-order chi connectivity index (χ0) is 32.4. The lowest BCUT2D eigenvalue weighted by Gasteiger charge is -2.33. The number of nitrogens with zero attached hydrogens (tertiary/aromatic N) is 1. The molecule has 1 saturated heterocycles. The molecule has 3 rings (SSSR count). The number of carbonyl (C=O) groups is 4. The van der Waals surface area contributed by atoms with Crippen LogP contribution in [0.3, 0.4) is 0 Å². The van der Waals surface area contributed by atoms with Gasteiger partial charge in [-0.25, -0.2) is 13.2 Å². The van der Waals surface area contributed by atoms with Gasteiger partial charge in [0.2, 0.25) is 21.8 Å². The first-order chi connectivity index (χ1) is 19.9. The number of hydrogen-bond acceptors (Lipinski definition) is 8. The van der Waals surface area contributed by atoms with Gasteiger partial charge < -0.3 is 25.0 Å². The highest BCUT2D eigenvalue weighted by Gasteiger charge is 2.62. The van der Waals surface area contributed by atoms with E-state index < -0.39 is 73.8 Å². The molecule has 13 heteroatoms. The maximum atomic E-state index is 13.9. The van der Waals surface area contributed by atoms with Crippen LogP contribution in [0.25, 0.3) is 0 Å². The second-order valence-electron chi connectivity index (χ2n) is 13.2. The van der Waals surface area contributed by atoms with Crippen LogP contribution in [-0.4, -0.2) is 83.9 Å². The van der Waals surface area contributed by atoms with Gasteiger partial charge in [0.15, 0.2) is 0 Å². The third-order valence-corrected chi connectivity index (χ3v) is 10.5. The molecule has 12 nitrogen and oxygen atoms in total. The molecule has 0 radical (unpaired) electrons. The van der Waals surface area contributed by atoms with Crippen molar-refractivity contribution in [2.75, 3.05) is 6.54 Å². The molecule has 1 heterocycles. The highest BCUT2D eigenvalue weighted by molar-refractivity contribution is 7.91. The molecule has 0 bridgehead atoms. The Labute approximate surface area is 255 Å². The van der Waals surface area contributed by atoms with Crippen LogP contribution in [0.5, 0.6) is 0 Å². The molecule has 2 saturated carbocycles. The summed E-state index contributed by atoms with van der Waals surface area (Å²) in [5.41, 5.74) is -2.28. The van der Waals surface area contributed by atoms with Gasteiger partial charge in [0.1, 0.15) is 23.2 Å². The average molecular weight is 625 g/mol. The van der Waals surface area contributed by atoms with Gasteiger partial charge in [0.05, 0.1) is 17.0 Å². The van der Waals surface area contributed by atoms with Crippen LogP contribution in [-0.2, 0) is 33.9 Å². The number of allylic oxidation sites excluding steroid dienone is 1. The van der Waals surface area contributed by atoms with E-state index in [4.69, 9.17) is 9.47 Å². The topological polar surface area (TPSA) is 160 Å². The maximum absolute atomic E-state index is 13.9. The number of amides is 4. The second-order valence-corrected chi connectivity index (χ2v) is 15.4. The van der Waals surface area contributed by atoms with Gasteiger partial charge in [-0.05, 0) is 86.5 Å². The van der Waals surface area contributed by atoms with E-state index in [1.54, 1.807) is 40.7 Å². The predicted octanol–water partition coefficient (Wildman–Crippen LogP) is 2.69. The lowest BCUT2D eigenvalue weighted by Crippen LogP contribution is -2.60. The number of sulfonamides is 1. The Morgan fingerprint density at radius 1 is 1.14 bits per heavy atom. The smallest absolute Gasteiger partial charge is 0.408 e. The normalized spacial score (nSPS) is 26.3. The van der Waals surface area contributed by atoms with Crippen LogP contribution >= 0.6 is 0 Å². The Morgan fingerprint density at radius 3 is 2.33 bits per heavy atom. The summed E-state index contributed by atoms with van der Waals surface area (Å²) < 4.78 is 38.1. The summed E-state index contributed by atoms with van der Waals surface area (Å²) in [5.74, 6) is -2.37. The van der Waals surface area contributed by atoms with Crippen molar-refractivity contribution in [3.05, 3.63) is 25.3 Å². The van der Waals surface area contributed by atoms with Crippen molar-refractivity contribution in [2.24, 2.45) is 5.92 Å². The van der Waals surface area contributed by atoms with Crippen molar-refractivity contribution in [3.63, 3.8) is 0 Å². The molecule has 4 amide bonds. The molecular weight excluding hydrogens is 576 g/mol. The Balaban J connectivity index is 1.78. The molecule has 1 aliphatic heterocycles. The van der Waals surface area contributed by atoms with E-state index in [0.29, 0.717) is 38.5 Å². The number of hydrogen-bond donors (Lipinski definition) is 3. The Bertz CT molecular complexity index is 1220. The van der Waals surface area contributed by atoms with E-state index in [-0.39, 0.29) is 19.1 Å². The molecule has 3 fully saturated rings. The highest BCUT2D eigenvalue weighted by atomic mass is 32.2. The fraction of sp³-hybridized carbons (Fsp3) is 0.733. The minimum absolute atomic E-state index is 0.192. The zero-order valence-electron chi connectivity index (χ0n) is 26.2. The van der Waals surface area contributed by atoms with Gasteiger partial charge in [0, 0.05) is 12.5 Å². The molecule has 43 heavy (non-hydrogen) atoms. The monoisotopic (exact) mass is 624 g/mol. The summed E-state index contributed by atoms with van der Waals surface area (Å²) in [4.78, 5) is 54.9. The first-order valence-corrected chi connectivity index (χ1v) is 16.5. The largest absolute Gasteiger partial charge is 0.444 e. The van der Waals surface area contributed by atoms with E-state index in [2.05, 4.69) is 28.5 Å². The van der Waals surface area contributed by atoms with Crippen molar-refractivity contribution >= 4 is 33.8 Å². The van der Waals surface area contributed by atoms with E-state index >= 15 is 0 Å². The SMILES string of the molecule is C=CCC[C@@H](C)O[C@@H](C)[C@@H](NC(=O)OC(C)(C)C)C(=O)N1CCC[C@H]1C(=O)N[C@]1(C(=O)NS(=O)(=O)C2(C)CC2)C[C@H]1C=C. The molecule has 2 aliphatic carbocycles. The molecule has 0 aromatic rings.